The van der Waals surface area contributed by atoms with Gasteiger partial charge in [0.15, 0.2) is 4.90 Å². The Hall–Kier alpha value is -2.82. The van der Waals surface area contributed by atoms with Gasteiger partial charge in [-0.1, -0.05) is 30.3 Å². The molecule has 10 heteroatoms. The second-order valence-corrected chi connectivity index (χ2v) is 13.1. The van der Waals surface area contributed by atoms with Gasteiger partial charge in [-0.25, -0.2) is 8.42 Å². The molecule has 38 heavy (non-hydrogen) atoms. The maximum absolute atomic E-state index is 13.5. The van der Waals surface area contributed by atoms with Crippen LogP contribution in [0.5, 0.6) is 0 Å². The second kappa shape index (κ2) is 11.1. The molecule has 1 heterocycles. The van der Waals surface area contributed by atoms with E-state index in [4.69, 9.17) is 4.74 Å². The second-order valence-electron chi connectivity index (χ2n) is 11.2. The third-order valence-electron chi connectivity index (χ3n) is 7.21. The molecule has 0 radical (unpaired) electrons. The Morgan fingerprint density at radius 3 is 2.45 bits per heavy atom. The third-order valence-corrected chi connectivity index (χ3v) is 9.27. The smallest absolute Gasteiger partial charge is 0.324 e. The minimum absolute atomic E-state index is 0.110. The summed E-state index contributed by atoms with van der Waals surface area (Å²) in [4.78, 5) is 25.9. The van der Waals surface area contributed by atoms with Gasteiger partial charge in [-0.15, -0.1) is 0 Å². The van der Waals surface area contributed by atoms with E-state index in [-0.39, 0.29) is 17.4 Å². The number of sulfonamides is 1. The monoisotopic (exact) mass is 543 g/mol. The number of hydrogen-bond acceptors (Lipinski definition) is 7. The van der Waals surface area contributed by atoms with Crippen molar-refractivity contribution >= 4 is 21.7 Å². The fraction of sp³-hybridized carbons (Fsp3) is 0.536. The highest BCUT2D eigenvalue weighted by Crippen LogP contribution is 2.30. The molecule has 9 nitrogen and oxygen atoms in total. The van der Waals surface area contributed by atoms with Crippen molar-refractivity contribution in [1.82, 2.24) is 9.21 Å². The van der Waals surface area contributed by atoms with Crippen LogP contribution in [-0.4, -0.2) is 65.8 Å². The number of nitro benzene ring substituents is 1. The van der Waals surface area contributed by atoms with Crippen LogP contribution < -0.4 is 0 Å². The van der Waals surface area contributed by atoms with Crippen molar-refractivity contribution < 1.29 is 22.9 Å². The van der Waals surface area contributed by atoms with Crippen molar-refractivity contribution in [2.24, 2.45) is 0 Å². The largest absolute Gasteiger partial charge is 0.459 e. The molecule has 1 saturated heterocycles. The normalized spacial score (nSPS) is 19.9. The predicted octanol–water partition coefficient (Wildman–Crippen LogP) is 4.12. The molecule has 1 aliphatic heterocycles. The molecule has 2 aromatic carbocycles. The van der Waals surface area contributed by atoms with Crippen molar-refractivity contribution in [3.05, 3.63) is 69.3 Å². The van der Waals surface area contributed by atoms with Crippen LogP contribution in [0.4, 0.5) is 5.69 Å². The summed E-state index contributed by atoms with van der Waals surface area (Å²) >= 11 is 0. The molecule has 0 N–H and O–H groups in total. The van der Waals surface area contributed by atoms with Crippen LogP contribution in [0.15, 0.2) is 47.4 Å². The summed E-state index contributed by atoms with van der Waals surface area (Å²) in [7, 11) is -4.11. The van der Waals surface area contributed by atoms with Crippen molar-refractivity contribution in [2.45, 2.75) is 82.4 Å². The first-order valence-electron chi connectivity index (χ1n) is 13.2. The zero-order valence-electron chi connectivity index (χ0n) is 22.6. The quantitative estimate of drug-likeness (QED) is 0.293. The van der Waals surface area contributed by atoms with Gasteiger partial charge in [-0.05, 0) is 82.6 Å². The van der Waals surface area contributed by atoms with E-state index in [1.165, 1.54) is 52.5 Å². The number of carbonyl (C=O) groups excluding carboxylic acids is 1. The van der Waals surface area contributed by atoms with E-state index in [0.29, 0.717) is 19.5 Å². The minimum atomic E-state index is -4.11. The van der Waals surface area contributed by atoms with E-state index in [0.717, 1.165) is 18.4 Å². The number of esters is 1. The van der Waals surface area contributed by atoms with Crippen LogP contribution in [0.3, 0.4) is 0 Å². The number of fused-ring (bicyclic) bond motifs is 1. The lowest BCUT2D eigenvalue weighted by atomic mass is 9.89. The molecule has 2 atom stereocenters. The Morgan fingerprint density at radius 2 is 1.79 bits per heavy atom. The highest BCUT2D eigenvalue weighted by Gasteiger charge is 2.41. The van der Waals surface area contributed by atoms with Crippen LogP contribution in [0.1, 0.15) is 57.2 Å². The topological polar surface area (TPSA) is 110 Å². The Balaban J connectivity index is 1.57. The van der Waals surface area contributed by atoms with Crippen molar-refractivity contribution in [3.63, 3.8) is 0 Å². The molecule has 2 aromatic rings. The number of piperazine rings is 1. The van der Waals surface area contributed by atoms with Crippen LogP contribution >= 0.6 is 0 Å². The number of nitro groups is 1. The highest BCUT2D eigenvalue weighted by molar-refractivity contribution is 7.89. The standard InChI is InChI=1S/C28H37N3O6S/c1-20-19-29(15-16-30(20)38(35,36)26-12-8-7-11-24(26)31(33)34)25(27(32)37-28(2,3)4)18-21-13-14-22-9-5-6-10-23(22)17-21/h7-8,11-14,17,20,25H,5-6,9-10,15-16,18-19H2,1-4H3/t20-,25-/m0/s1. The van der Waals surface area contributed by atoms with E-state index >= 15 is 0 Å². The number of carbonyl (C=O) groups is 1. The Bertz CT molecular complexity index is 1300. The average Bonchev–Trinajstić information content (AvgIpc) is 2.85. The first-order valence-corrected chi connectivity index (χ1v) is 14.6. The number of nitrogens with zero attached hydrogens (tertiary/aromatic N) is 3. The van der Waals surface area contributed by atoms with Gasteiger partial charge < -0.3 is 4.74 Å². The summed E-state index contributed by atoms with van der Waals surface area (Å²) in [6, 6.07) is 10.8. The van der Waals surface area contributed by atoms with Gasteiger partial charge in [-0.3, -0.25) is 19.8 Å². The number of benzene rings is 2. The number of rotatable bonds is 7. The summed E-state index contributed by atoms with van der Waals surface area (Å²) in [6.45, 7) is 7.98. The molecule has 0 unspecified atom stereocenters. The average molecular weight is 544 g/mol. The number of aryl methyl sites for hydroxylation is 2. The molecule has 1 fully saturated rings. The maximum Gasteiger partial charge on any atom is 0.324 e. The Kier molecular flexibility index (Phi) is 8.25. The lowest BCUT2D eigenvalue weighted by Gasteiger charge is -2.42. The molecular weight excluding hydrogens is 506 g/mol. The zero-order chi connectivity index (χ0) is 27.7. The van der Waals surface area contributed by atoms with Crippen LogP contribution in [-0.2, 0) is 38.8 Å². The Labute approximate surface area is 225 Å². The van der Waals surface area contributed by atoms with Gasteiger partial charge >= 0.3 is 5.97 Å². The summed E-state index contributed by atoms with van der Waals surface area (Å²) < 4.78 is 34.0. The van der Waals surface area contributed by atoms with E-state index in [1.807, 2.05) is 25.7 Å². The molecular formula is C28H37N3O6S. The van der Waals surface area contributed by atoms with Gasteiger partial charge in [0.2, 0.25) is 10.0 Å². The van der Waals surface area contributed by atoms with Crippen LogP contribution in [0.2, 0.25) is 0 Å². The fourth-order valence-electron chi connectivity index (χ4n) is 5.43. The molecule has 4 rings (SSSR count). The highest BCUT2D eigenvalue weighted by atomic mass is 32.2. The van der Waals surface area contributed by atoms with Gasteiger partial charge in [0.1, 0.15) is 11.6 Å². The minimum Gasteiger partial charge on any atom is -0.459 e. The lowest BCUT2D eigenvalue weighted by molar-refractivity contribution is -0.387. The molecule has 0 spiro atoms. The first-order chi connectivity index (χ1) is 17.9. The van der Waals surface area contributed by atoms with Gasteiger partial charge in [0, 0.05) is 31.7 Å². The molecule has 0 aromatic heterocycles. The maximum atomic E-state index is 13.5. The van der Waals surface area contributed by atoms with Crippen molar-refractivity contribution in [3.8, 4) is 0 Å². The fourth-order valence-corrected chi connectivity index (χ4v) is 7.20. The van der Waals surface area contributed by atoms with E-state index < -0.39 is 38.3 Å². The summed E-state index contributed by atoms with van der Waals surface area (Å²) in [5.41, 5.74) is 2.67. The first kappa shape index (κ1) is 28.2. The lowest BCUT2D eigenvalue weighted by Crippen LogP contribution is -2.58. The Morgan fingerprint density at radius 1 is 1.11 bits per heavy atom. The number of ether oxygens (including phenoxy) is 1. The van der Waals surface area contributed by atoms with E-state index in [2.05, 4.69) is 18.2 Å². The SMILES string of the molecule is C[C@H]1CN([C@@H](Cc2ccc3c(c2)CCCC3)C(=O)OC(C)(C)C)CCN1S(=O)(=O)c1ccccc1[N+](=O)[O-]. The van der Waals surface area contributed by atoms with Crippen molar-refractivity contribution in [1.29, 1.82) is 0 Å². The molecule has 0 amide bonds. The number of hydrogen-bond donors (Lipinski definition) is 0. The molecule has 206 valence electrons. The predicted molar refractivity (Wildman–Crippen MR) is 144 cm³/mol. The molecule has 1 aliphatic carbocycles. The zero-order valence-corrected chi connectivity index (χ0v) is 23.4. The van der Waals surface area contributed by atoms with Gasteiger partial charge in [0.25, 0.3) is 5.69 Å². The molecule has 2 aliphatic rings. The molecule has 0 saturated carbocycles. The van der Waals surface area contributed by atoms with Crippen molar-refractivity contribution in [2.75, 3.05) is 19.6 Å². The van der Waals surface area contributed by atoms with Gasteiger partial charge in [0.05, 0.1) is 4.92 Å². The van der Waals surface area contributed by atoms with Crippen LogP contribution in [0.25, 0.3) is 0 Å². The summed E-state index contributed by atoms with van der Waals surface area (Å²) in [6.07, 6.45) is 4.95. The van der Waals surface area contributed by atoms with Gasteiger partial charge in [-0.2, -0.15) is 4.31 Å². The summed E-state index contributed by atoms with van der Waals surface area (Å²) in [5.74, 6) is -0.336. The molecule has 0 bridgehead atoms. The third kappa shape index (κ3) is 6.24. The van der Waals surface area contributed by atoms with E-state index in [9.17, 15) is 23.3 Å². The number of para-hydroxylation sites is 1. The summed E-state index contributed by atoms with van der Waals surface area (Å²) in [5, 5.41) is 11.5. The van der Waals surface area contributed by atoms with E-state index in [1.54, 1.807) is 6.92 Å². The van der Waals surface area contributed by atoms with Crippen LogP contribution in [0, 0.1) is 10.1 Å².